The Hall–Kier alpha value is -1.64. The lowest BCUT2D eigenvalue weighted by Gasteiger charge is -2.15. The number of anilines is 1. The molecular formula is C12H14ClFN4O2S. The zero-order valence-electron chi connectivity index (χ0n) is 11.1. The molecule has 0 saturated carbocycles. The number of hydrogen-bond donors (Lipinski definition) is 2. The van der Waals surface area contributed by atoms with Crippen LogP contribution in [0.15, 0.2) is 35.5 Å². The molecule has 9 heteroatoms. The van der Waals surface area contributed by atoms with E-state index in [4.69, 9.17) is 17.3 Å². The summed E-state index contributed by atoms with van der Waals surface area (Å²) in [6, 6.07) is 3.42. The maximum absolute atomic E-state index is 13.9. The van der Waals surface area contributed by atoms with Gasteiger partial charge in [0.05, 0.1) is 11.6 Å². The van der Waals surface area contributed by atoms with Gasteiger partial charge in [0, 0.05) is 24.1 Å². The number of nitrogens with zero attached hydrogens (tertiary/aromatic N) is 2. The number of nitrogens with one attached hydrogen (secondary N) is 1. The van der Waals surface area contributed by atoms with Gasteiger partial charge in [-0.2, -0.15) is 5.10 Å². The van der Waals surface area contributed by atoms with E-state index in [0.29, 0.717) is 6.54 Å². The van der Waals surface area contributed by atoms with Crippen LogP contribution in [0, 0.1) is 5.82 Å². The summed E-state index contributed by atoms with van der Waals surface area (Å²) in [6.07, 6.45) is 3.28. The van der Waals surface area contributed by atoms with Crippen LogP contribution in [0.25, 0.3) is 0 Å². The normalized spacial score (nSPS) is 13.3. The van der Waals surface area contributed by atoms with Gasteiger partial charge >= 0.3 is 0 Å². The van der Waals surface area contributed by atoms with Gasteiger partial charge in [-0.25, -0.2) is 17.5 Å². The molecule has 1 aromatic heterocycles. The van der Waals surface area contributed by atoms with Crippen molar-refractivity contribution in [2.75, 3.05) is 5.73 Å². The van der Waals surface area contributed by atoms with Gasteiger partial charge in [-0.3, -0.25) is 4.68 Å². The van der Waals surface area contributed by atoms with Crippen LogP contribution in [0.4, 0.5) is 10.1 Å². The molecule has 1 aromatic carbocycles. The maximum atomic E-state index is 13.9. The number of sulfonamides is 1. The van der Waals surface area contributed by atoms with E-state index in [1.165, 1.54) is 0 Å². The van der Waals surface area contributed by atoms with E-state index in [1.807, 2.05) is 0 Å². The number of benzene rings is 1. The Morgan fingerprint density at radius 3 is 2.86 bits per heavy atom. The smallest absolute Gasteiger partial charge is 0.243 e. The predicted molar refractivity (Wildman–Crippen MR) is 77.8 cm³/mol. The fourth-order valence-corrected chi connectivity index (χ4v) is 3.49. The molecule has 1 atom stereocenters. The predicted octanol–water partition coefficient (Wildman–Crippen LogP) is 1.62. The molecular weight excluding hydrogens is 319 g/mol. The van der Waals surface area contributed by atoms with Crippen LogP contribution in [0.1, 0.15) is 6.92 Å². The molecule has 0 amide bonds. The summed E-state index contributed by atoms with van der Waals surface area (Å²) >= 11 is 5.62. The lowest BCUT2D eigenvalue weighted by molar-refractivity contribution is 0.490. The zero-order valence-corrected chi connectivity index (χ0v) is 12.7. The van der Waals surface area contributed by atoms with E-state index < -0.39 is 26.8 Å². The first-order chi connectivity index (χ1) is 9.79. The summed E-state index contributed by atoms with van der Waals surface area (Å²) in [7, 11) is -4.07. The molecule has 0 saturated heterocycles. The Balaban J connectivity index is 2.22. The minimum Gasteiger partial charge on any atom is -0.399 e. The van der Waals surface area contributed by atoms with E-state index in [-0.39, 0.29) is 10.7 Å². The number of rotatable bonds is 5. The third-order valence-corrected chi connectivity index (χ3v) is 4.55. The van der Waals surface area contributed by atoms with Crippen LogP contribution in [0.5, 0.6) is 0 Å². The van der Waals surface area contributed by atoms with Gasteiger partial charge in [0.2, 0.25) is 10.0 Å². The summed E-state index contributed by atoms with van der Waals surface area (Å²) < 4.78 is 42.2. The monoisotopic (exact) mass is 332 g/mol. The molecule has 2 rings (SSSR count). The zero-order chi connectivity index (χ0) is 15.6. The average Bonchev–Trinajstić information content (AvgIpc) is 2.85. The Bertz CT molecular complexity index is 734. The SMILES string of the molecule is CC(Cn1cccn1)NS(=O)(=O)c1cc(N)cc(Cl)c1F. The van der Waals surface area contributed by atoms with Gasteiger partial charge in [0.1, 0.15) is 4.90 Å². The molecule has 1 heterocycles. The van der Waals surface area contributed by atoms with Gasteiger partial charge in [-0.1, -0.05) is 11.6 Å². The van der Waals surface area contributed by atoms with Gasteiger partial charge in [-0.15, -0.1) is 0 Å². The van der Waals surface area contributed by atoms with E-state index in [2.05, 4.69) is 9.82 Å². The third-order valence-electron chi connectivity index (χ3n) is 2.68. The molecule has 6 nitrogen and oxygen atoms in total. The van der Waals surface area contributed by atoms with Crippen LogP contribution in [0.2, 0.25) is 5.02 Å². The van der Waals surface area contributed by atoms with Crippen LogP contribution in [0.3, 0.4) is 0 Å². The molecule has 0 aliphatic carbocycles. The molecule has 0 spiro atoms. The topological polar surface area (TPSA) is 90.0 Å². The number of aromatic nitrogens is 2. The lowest BCUT2D eigenvalue weighted by Crippen LogP contribution is -2.36. The van der Waals surface area contributed by atoms with Gasteiger partial charge in [-0.05, 0) is 25.1 Å². The summed E-state index contributed by atoms with van der Waals surface area (Å²) in [5.41, 5.74) is 5.58. The maximum Gasteiger partial charge on any atom is 0.243 e. The molecule has 1 unspecified atom stereocenters. The second-order valence-electron chi connectivity index (χ2n) is 4.57. The van der Waals surface area contributed by atoms with E-state index in [1.54, 1.807) is 30.1 Å². The van der Waals surface area contributed by atoms with Crippen LogP contribution < -0.4 is 10.5 Å². The molecule has 114 valence electrons. The van der Waals surface area contributed by atoms with Crippen molar-refractivity contribution >= 4 is 27.3 Å². The van der Waals surface area contributed by atoms with Crippen molar-refractivity contribution in [2.45, 2.75) is 24.4 Å². The Labute approximate surface area is 126 Å². The van der Waals surface area contributed by atoms with E-state index in [0.717, 1.165) is 12.1 Å². The average molecular weight is 333 g/mol. The minimum absolute atomic E-state index is 0.0708. The highest BCUT2D eigenvalue weighted by Crippen LogP contribution is 2.25. The molecule has 3 N–H and O–H groups in total. The van der Waals surface area contributed by atoms with Crippen LogP contribution in [-0.2, 0) is 16.6 Å². The first-order valence-corrected chi connectivity index (χ1v) is 7.90. The molecule has 0 bridgehead atoms. The summed E-state index contributed by atoms with van der Waals surface area (Å²) in [4.78, 5) is -0.570. The van der Waals surface area contributed by atoms with E-state index in [9.17, 15) is 12.8 Å². The van der Waals surface area contributed by atoms with Crippen LogP contribution >= 0.6 is 11.6 Å². The summed E-state index contributed by atoms with van der Waals surface area (Å²) in [5.74, 6) is -1.02. The standard InChI is InChI=1S/C12H14ClFN4O2S/c1-8(7-18-4-2-3-16-18)17-21(19,20)11-6-9(15)5-10(13)12(11)14/h2-6,8,17H,7,15H2,1H3. The Kier molecular flexibility index (Phi) is 4.50. The van der Waals surface area contributed by atoms with Crippen molar-refractivity contribution in [1.82, 2.24) is 14.5 Å². The molecule has 21 heavy (non-hydrogen) atoms. The first kappa shape index (κ1) is 15.7. The van der Waals surface area contributed by atoms with Crippen molar-refractivity contribution in [3.05, 3.63) is 41.4 Å². The second-order valence-corrected chi connectivity index (χ2v) is 6.65. The van der Waals surface area contributed by atoms with Crippen molar-refractivity contribution in [3.8, 4) is 0 Å². The molecule has 0 aliphatic rings. The lowest BCUT2D eigenvalue weighted by atomic mass is 10.3. The Morgan fingerprint density at radius 2 is 2.24 bits per heavy atom. The van der Waals surface area contributed by atoms with Crippen molar-refractivity contribution in [3.63, 3.8) is 0 Å². The quantitative estimate of drug-likeness (QED) is 0.814. The number of nitrogen functional groups attached to an aromatic ring is 1. The number of halogens is 2. The van der Waals surface area contributed by atoms with Gasteiger partial charge in [0.15, 0.2) is 5.82 Å². The largest absolute Gasteiger partial charge is 0.399 e. The third kappa shape index (κ3) is 3.72. The number of hydrogen-bond acceptors (Lipinski definition) is 4. The van der Waals surface area contributed by atoms with Crippen LogP contribution in [-0.4, -0.2) is 24.2 Å². The number of nitrogens with two attached hydrogens (primary N) is 1. The highest BCUT2D eigenvalue weighted by atomic mass is 35.5. The fraction of sp³-hybridized carbons (Fsp3) is 0.250. The summed E-state index contributed by atoms with van der Waals surface area (Å²) in [6.45, 7) is 1.95. The van der Waals surface area contributed by atoms with Gasteiger partial charge < -0.3 is 5.73 Å². The van der Waals surface area contributed by atoms with E-state index >= 15 is 0 Å². The fourth-order valence-electron chi connectivity index (χ4n) is 1.83. The second kappa shape index (κ2) is 6.00. The first-order valence-electron chi connectivity index (χ1n) is 6.04. The molecule has 0 fully saturated rings. The van der Waals surface area contributed by atoms with Gasteiger partial charge in [0.25, 0.3) is 0 Å². The molecule has 0 aliphatic heterocycles. The highest BCUT2D eigenvalue weighted by Gasteiger charge is 2.24. The minimum atomic E-state index is -4.07. The van der Waals surface area contributed by atoms with Crippen molar-refractivity contribution in [1.29, 1.82) is 0 Å². The molecule has 2 aromatic rings. The highest BCUT2D eigenvalue weighted by molar-refractivity contribution is 7.89. The summed E-state index contributed by atoms with van der Waals surface area (Å²) in [5, 5.41) is 3.63. The molecule has 0 radical (unpaired) electrons. The Morgan fingerprint density at radius 1 is 1.52 bits per heavy atom. The van der Waals surface area contributed by atoms with Crippen molar-refractivity contribution in [2.24, 2.45) is 0 Å². The van der Waals surface area contributed by atoms with Crippen molar-refractivity contribution < 1.29 is 12.8 Å².